The lowest BCUT2D eigenvalue weighted by Crippen LogP contribution is -1.98. The van der Waals surface area contributed by atoms with Crippen LogP contribution in [-0.4, -0.2) is 15.2 Å². The van der Waals surface area contributed by atoms with Crippen LogP contribution >= 0.6 is 0 Å². The summed E-state index contributed by atoms with van der Waals surface area (Å²) in [4.78, 5) is 14.1. The highest BCUT2D eigenvalue weighted by Gasteiger charge is 2.02. The van der Waals surface area contributed by atoms with Gasteiger partial charge in [-0.05, 0) is 6.92 Å². The van der Waals surface area contributed by atoms with Gasteiger partial charge in [0.25, 0.3) is 0 Å². The maximum absolute atomic E-state index is 11.2. The van der Waals surface area contributed by atoms with Crippen molar-refractivity contribution in [3.63, 3.8) is 0 Å². The lowest BCUT2D eigenvalue weighted by atomic mass is 10.3. The molecule has 0 atom stereocenters. The van der Waals surface area contributed by atoms with Gasteiger partial charge in [-0.1, -0.05) is 0 Å². The molecule has 0 aliphatic carbocycles. The topological polar surface area (TPSA) is 61.5 Å². The maximum Gasteiger partial charge on any atom is 0.192 e. The zero-order valence-corrected chi connectivity index (χ0v) is 6.01. The van der Waals surface area contributed by atoms with E-state index in [1.165, 1.54) is 6.07 Å². The summed E-state index contributed by atoms with van der Waals surface area (Å²) < 4.78 is 0. The Balaban J connectivity index is 3.08. The Labute approximate surface area is 62.3 Å². The predicted molar refractivity (Wildman–Crippen MR) is 41.5 cm³/mol. The number of pyridine rings is 1. The summed E-state index contributed by atoms with van der Waals surface area (Å²) in [5.41, 5.74) is 1.43. The van der Waals surface area contributed by atoms with Gasteiger partial charge in [0.05, 0.1) is 5.39 Å². The number of aromatic amines is 2. The van der Waals surface area contributed by atoms with Crippen molar-refractivity contribution in [2.24, 2.45) is 0 Å². The SMILES string of the molecule is Cc1[nH]nc2[nH]ccc(=O)c12. The fourth-order valence-electron chi connectivity index (χ4n) is 1.11. The van der Waals surface area contributed by atoms with Crippen molar-refractivity contribution in [1.29, 1.82) is 0 Å². The number of rotatable bonds is 0. The molecule has 0 saturated carbocycles. The average Bonchev–Trinajstić information content (AvgIpc) is 2.34. The zero-order valence-electron chi connectivity index (χ0n) is 6.01. The zero-order chi connectivity index (χ0) is 7.84. The van der Waals surface area contributed by atoms with E-state index in [4.69, 9.17) is 0 Å². The largest absolute Gasteiger partial charge is 0.344 e. The van der Waals surface area contributed by atoms with Gasteiger partial charge >= 0.3 is 0 Å². The summed E-state index contributed by atoms with van der Waals surface area (Å²) in [5.74, 6) is 0. The molecule has 0 fully saturated rings. The molecule has 0 aromatic carbocycles. The minimum Gasteiger partial charge on any atom is -0.344 e. The van der Waals surface area contributed by atoms with Gasteiger partial charge in [-0.3, -0.25) is 9.89 Å². The van der Waals surface area contributed by atoms with E-state index in [0.29, 0.717) is 11.0 Å². The molecule has 0 unspecified atom stereocenters. The summed E-state index contributed by atoms with van der Waals surface area (Å²) in [6.07, 6.45) is 1.59. The monoisotopic (exact) mass is 149 g/mol. The quantitative estimate of drug-likeness (QED) is 0.574. The van der Waals surface area contributed by atoms with Crippen molar-refractivity contribution in [2.45, 2.75) is 6.92 Å². The molecule has 11 heavy (non-hydrogen) atoms. The van der Waals surface area contributed by atoms with Crippen LogP contribution in [-0.2, 0) is 0 Å². The summed E-state index contributed by atoms with van der Waals surface area (Å²) in [6.45, 7) is 1.82. The number of fused-ring (bicyclic) bond motifs is 1. The first-order valence-corrected chi connectivity index (χ1v) is 3.31. The second-order valence-electron chi connectivity index (χ2n) is 2.41. The molecule has 4 nitrogen and oxygen atoms in total. The van der Waals surface area contributed by atoms with Crippen molar-refractivity contribution in [3.8, 4) is 0 Å². The Morgan fingerprint density at radius 3 is 3.09 bits per heavy atom. The van der Waals surface area contributed by atoms with Crippen molar-refractivity contribution in [1.82, 2.24) is 15.2 Å². The van der Waals surface area contributed by atoms with Gasteiger partial charge in [-0.15, -0.1) is 0 Å². The first-order chi connectivity index (χ1) is 5.29. The number of nitrogens with zero attached hydrogens (tertiary/aromatic N) is 1. The molecule has 56 valence electrons. The number of H-pyrrole nitrogens is 2. The molecular formula is C7H7N3O. The molecule has 0 radical (unpaired) electrons. The Morgan fingerprint density at radius 2 is 2.36 bits per heavy atom. The number of hydrogen-bond acceptors (Lipinski definition) is 2. The number of hydrogen-bond donors (Lipinski definition) is 2. The Bertz CT molecular complexity index is 440. The fraction of sp³-hybridized carbons (Fsp3) is 0.143. The van der Waals surface area contributed by atoms with Gasteiger partial charge in [-0.25, -0.2) is 0 Å². The molecule has 0 bridgehead atoms. The van der Waals surface area contributed by atoms with Gasteiger partial charge in [0.1, 0.15) is 0 Å². The molecular weight excluding hydrogens is 142 g/mol. The predicted octanol–water partition coefficient (Wildman–Crippen LogP) is 0.560. The minimum absolute atomic E-state index is 0.00463. The van der Waals surface area contributed by atoms with Crippen LogP contribution in [0.2, 0.25) is 0 Å². The van der Waals surface area contributed by atoms with Gasteiger partial charge in [-0.2, -0.15) is 5.10 Å². The van der Waals surface area contributed by atoms with Crippen LogP contribution in [0, 0.1) is 6.92 Å². The number of aryl methyl sites for hydroxylation is 1. The third kappa shape index (κ3) is 0.756. The summed E-state index contributed by atoms with van der Waals surface area (Å²) in [7, 11) is 0. The van der Waals surface area contributed by atoms with Crippen LogP contribution in [0.15, 0.2) is 17.1 Å². The molecule has 0 aliphatic rings. The molecule has 0 aliphatic heterocycles. The highest BCUT2D eigenvalue weighted by atomic mass is 16.1. The van der Waals surface area contributed by atoms with Crippen LogP contribution in [0.25, 0.3) is 11.0 Å². The van der Waals surface area contributed by atoms with Crippen molar-refractivity contribution >= 4 is 11.0 Å². The highest BCUT2D eigenvalue weighted by Crippen LogP contribution is 2.05. The van der Waals surface area contributed by atoms with Crippen molar-refractivity contribution in [2.75, 3.05) is 0 Å². The van der Waals surface area contributed by atoms with Gasteiger partial charge in [0.2, 0.25) is 0 Å². The third-order valence-electron chi connectivity index (χ3n) is 1.65. The Hall–Kier alpha value is -1.58. The number of nitrogens with one attached hydrogen (secondary N) is 2. The second-order valence-corrected chi connectivity index (χ2v) is 2.41. The van der Waals surface area contributed by atoms with Crippen LogP contribution in [0.3, 0.4) is 0 Å². The smallest absolute Gasteiger partial charge is 0.192 e. The van der Waals surface area contributed by atoms with Crippen LogP contribution in [0.5, 0.6) is 0 Å². The maximum atomic E-state index is 11.2. The standard InChI is InChI=1S/C7H7N3O/c1-4-6-5(11)2-3-8-7(6)10-9-4/h2-3H,1H3,(H2,8,9,10,11). The Kier molecular flexibility index (Phi) is 1.09. The third-order valence-corrected chi connectivity index (χ3v) is 1.65. The molecule has 2 aromatic rings. The van der Waals surface area contributed by atoms with Crippen LogP contribution in [0.4, 0.5) is 0 Å². The molecule has 0 amide bonds. The first kappa shape index (κ1) is 6.15. The molecule has 2 rings (SSSR count). The normalized spacial score (nSPS) is 10.6. The van der Waals surface area contributed by atoms with E-state index in [1.807, 2.05) is 6.92 Å². The lowest BCUT2D eigenvalue weighted by molar-refractivity contribution is 1.05. The van der Waals surface area contributed by atoms with E-state index in [9.17, 15) is 4.79 Å². The van der Waals surface area contributed by atoms with Crippen molar-refractivity contribution < 1.29 is 0 Å². The van der Waals surface area contributed by atoms with Crippen LogP contribution in [0.1, 0.15) is 5.69 Å². The van der Waals surface area contributed by atoms with Crippen LogP contribution < -0.4 is 5.43 Å². The first-order valence-electron chi connectivity index (χ1n) is 3.31. The van der Waals surface area contributed by atoms with E-state index in [-0.39, 0.29) is 5.43 Å². The molecule has 0 saturated heterocycles. The van der Waals surface area contributed by atoms with Gasteiger partial charge in [0.15, 0.2) is 11.1 Å². The van der Waals surface area contributed by atoms with E-state index in [1.54, 1.807) is 6.20 Å². The van der Waals surface area contributed by atoms with E-state index < -0.39 is 0 Å². The lowest BCUT2D eigenvalue weighted by Gasteiger charge is -1.85. The summed E-state index contributed by atoms with van der Waals surface area (Å²) in [5, 5.41) is 7.28. The average molecular weight is 149 g/mol. The highest BCUT2D eigenvalue weighted by molar-refractivity contribution is 5.76. The van der Waals surface area contributed by atoms with Crippen molar-refractivity contribution in [3.05, 3.63) is 28.2 Å². The fourth-order valence-corrected chi connectivity index (χ4v) is 1.11. The second kappa shape index (κ2) is 1.95. The van der Waals surface area contributed by atoms with Gasteiger partial charge in [0, 0.05) is 18.0 Å². The molecule has 0 spiro atoms. The van der Waals surface area contributed by atoms with E-state index in [0.717, 1.165) is 5.69 Å². The molecule has 2 aromatic heterocycles. The summed E-state index contributed by atoms with van der Waals surface area (Å²) >= 11 is 0. The molecule has 2 N–H and O–H groups in total. The molecule has 2 heterocycles. The van der Waals surface area contributed by atoms with Gasteiger partial charge < -0.3 is 4.98 Å². The minimum atomic E-state index is 0.00463. The molecule has 4 heteroatoms. The van der Waals surface area contributed by atoms with E-state index >= 15 is 0 Å². The summed E-state index contributed by atoms with van der Waals surface area (Å²) in [6, 6.07) is 1.49. The number of aromatic nitrogens is 3. The Morgan fingerprint density at radius 1 is 1.55 bits per heavy atom. The van der Waals surface area contributed by atoms with E-state index in [2.05, 4.69) is 15.2 Å².